The molecule has 0 fully saturated rings. The molecule has 0 saturated heterocycles. The zero-order chi connectivity index (χ0) is 29.3. The quantitative estimate of drug-likeness (QED) is 0.197. The van der Waals surface area contributed by atoms with Crippen molar-refractivity contribution < 1.29 is 27.8 Å². The number of ether oxygens (including phenoxy) is 1. The number of benzene rings is 1. The van der Waals surface area contributed by atoms with Crippen LogP contribution in [-0.4, -0.2) is 38.2 Å². The summed E-state index contributed by atoms with van der Waals surface area (Å²) in [4.78, 5) is 21.8. The number of pyridine rings is 1. The van der Waals surface area contributed by atoms with E-state index in [2.05, 4.69) is 22.2 Å². The minimum Gasteiger partial charge on any atom is -0.493 e. The SMILES string of the molecule is CCCCCCCCOc1ccc(Nc2nc(-c3ccc(CN(C(=O)O)C(C)(C)C)nc3)cs2)cc1C(F)(F)F. The molecule has 1 amide bonds. The van der Waals surface area contributed by atoms with Crippen LogP contribution < -0.4 is 10.1 Å². The zero-order valence-electron chi connectivity index (χ0n) is 23.3. The number of anilines is 2. The smallest absolute Gasteiger partial charge is 0.420 e. The summed E-state index contributed by atoms with van der Waals surface area (Å²) in [6, 6.07) is 7.46. The van der Waals surface area contributed by atoms with Crippen LogP contribution in [0, 0.1) is 0 Å². The van der Waals surface area contributed by atoms with E-state index in [1.165, 1.54) is 28.7 Å². The fraction of sp³-hybridized carbons (Fsp3) is 0.483. The Kier molecular flexibility index (Phi) is 10.8. The molecule has 0 aliphatic heterocycles. The number of amides is 1. The molecule has 0 aliphatic carbocycles. The fourth-order valence-corrected chi connectivity index (χ4v) is 4.77. The van der Waals surface area contributed by atoms with Crippen LogP contribution >= 0.6 is 11.3 Å². The maximum atomic E-state index is 13.8. The molecule has 0 spiro atoms. The monoisotopic (exact) mass is 578 g/mol. The minimum absolute atomic E-state index is 0.142. The topological polar surface area (TPSA) is 87.6 Å². The highest BCUT2D eigenvalue weighted by Crippen LogP contribution is 2.39. The molecule has 0 saturated carbocycles. The van der Waals surface area contributed by atoms with E-state index in [-0.39, 0.29) is 24.6 Å². The van der Waals surface area contributed by atoms with Crippen LogP contribution in [0.1, 0.15) is 77.5 Å². The standard InChI is InChI=1S/C29H37F3N4O3S/c1-5-6-7-8-9-10-15-39-25-14-13-21(16-23(25)29(30,31)32)34-26-35-24(19-40-26)20-11-12-22(33-17-20)18-36(27(37)38)28(2,3)4/h11-14,16-17,19H,5-10,15,18H2,1-4H3,(H,34,35)(H,37,38). The number of carboxylic acid groups (broad SMARTS) is 1. The molecule has 3 rings (SSSR count). The second-order valence-electron chi connectivity index (χ2n) is 10.6. The van der Waals surface area contributed by atoms with Gasteiger partial charge in [-0.15, -0.1) is 11.3 Å². The van der Waals surface area contributed by atoms with Gasteiger partial charge in [-0.25, -0.2) is 9.78 Å². The number of nitrogens with zero attached hydrogens (tertiary/aromatic N) is 3. The summed E-state index contributed by atoms with van der Waals surface area (Å²) in [5.74, 6) is -0.175. The molecule has 0 aliphatic rings. The lowest BCUT2D eigenvalue weighted by atomic mass is 10.1. The Morgan fingerprint density at radius 2 is 1.80 bits per heavy atom. The average Bonchev–Trinajstić information content (AvgIpc) is 3.34. The van der Waals surface area contributed by atoms with Gasteiger partial charge in [0.1, 0.15) is 5.75 Å². The number of unbranched alkanes of at least 4 members (excludes halogenated alkanes) is 5. The third-order valence-corrected chi connectivity index (χ3v) is 7.03. The molecule has 3 aromatic rings. The van der Waals surface area contributed by atoms with Gasteiger partial charge in [0.2, 0.25) is 0 Å². The van der Waals surface area contributed by atoms with Gasteiger partial charge in [-0.2, -0.15) is 13.2 Å². The first-order chi connectivity index (χ1) is 18.9. The first-order valence-electron chi connectivity index (χ1n) is 13.4. The lowest BCUT2D eigenvalue weighted by Crippen LogP contribution is -2.44. The Morgan fingerprint density at radius 1 is 1.07 bits per heavy atom. The lowest BCUT2D eigenvalue weighted by molar-refractivity contribution is -0.138. The first-order valence-corrected chi connectivity index (χ1v) is 14.3. The van der Waals surface area contributed by atoms with Crippen molar-refractivity contribution in [3.63, 3.8) is 0 Å². The molecule has 0 atom stereocenters. The number of alkyl halides is 3. The molecule has 218 valence electrons. The number of hydrogen-bond donors (Lipinski definition) is 2. The number of carbonyl (C=O) groups is 1. The highest BCUT2D eigenvalue weighted by molar-refractivity contribution is 7.14. The van der Waals surface area contributed by atoms with Crippen molar-refractivity contribution in [2.24, 2.45) is 0 Å². The van der Waals surface area contributed by atoms with Gasteiger partial charge in [-0.1, -0.05) is 39.0 Å². The van der Waals surface area contributed by atoms with E-state index in [4.69, 9.17) is 4.74 Å². The van der Waals surface area contributed by atoms with Gasteiger partial charge in [0.25, 0.3) is 0 Å². The van der Waals surface area contributed by atoms with Crippen LogP contribution in [0.25, 0.3) is 11.3 Å². The Morgan fingerprint density at radius 3 is 2.42 bits per heavy atom. The largest absolute Gasteiger partial charge is 0.493 e. The Hall–Kier alpha value is -3.34. The predicted molar refractivity (Wildman–Crippen MR) is 152 cm³/mol. The van der Waals surface area contributed by atoms with Gasteiger partial charge < -0.3 is 15.2 Å². The number of halogens is 3. The first kappa shape index (κ1) is 31.2. The van der Waals surface area contributed by atoms with E-state index < -0.39 is 23.4 Å². The highest BCUT2D eigenvalue weighted by Gasteiger charge is 2.35. The van der Waals surface area contributed by atoms with Crippen LogP contribution in [0.2, 0.25) is 0 Å². The number of nitrogens with one attached hydrogen (secondary N) is 1. The van der Waals surface area contributed by atoms with E-state index in [0.29, 0.717) is 28.5 Å². The number of rotatable bonds is 13. The van der Waals surface area contributed by atoms with Crippen LogP contribution in [0.3, 0.4) is 0 Å². The summed E-state index contributed by atoms with van der Waals surface area (Å²) in [7, 11) is 0. The molecule has 1 aromatic carbocycles. The van der Waals surface area contributed by atoms with Gasteiger partial charge in [-0.05, 0) is 57.5 Å². The van der Waals surface area contributed by atoms with E-state index >= 15 is 0 Å². The number of aromatic nitrogens is 2. The van der Waals surface area contributed by atoms with E-state index in [9.17, 15) is 23.1 Å². The summed E-state index contributed by atoms with van der Waals surface area (Å²) >= 11 is 1.26. The van der Waals surface area contributed by atoms with Crippen molar-refractivity contribution >= 4 is 28.2 Å². The van der Waals surface area contributed by atoms with Crippen LogP contribution in [0.15, 0.2) is 41.9 Å². The predicted octanol–water partition coefficient (Wildman–Crippen LogP) is 8.99. The minimum atomic E-state index is -4.56. The molecular formula is C29H37F3N4O3S. The van der Waals surface area contributed by atoms with Gasteiger partial charge in [-0.3, -0.25) is 9.88 Å². The van der Waals surface area contributed by atoms with Gasteiger partial charge in [0.15, 0.2) is 5.13 Å². The van der Waals surface area contributed by atoms with Crippen molar-refractivity contribution in [1.82, 2.24) is 14.9 Å². The molecule has 2 N–H and O–H groups in total. The third-order valence-electron chi connectivity index (χ3n) is 6.28. The maximum Gasteiger partial charge on any atom is 0.420 e. The van der Waals surface area contributed by atoms with Crippen molar-refractivity contribution in [3.05, 3.63) is 53.2 Å². The third kappa shape index (κ3) is 9.11. The van der Waals surface area contributed by atoms with Crippen molar-refractivity contribution in [2.45, 2.75) is 84.5 Å². The molecule has 11 heteroatoms. The van der Waals surface area contributed by atoms with E-state index in [0.717, 1.165) is 31.7 Å². The van der Waals surface area contributed by atoms with E-state index in [1.807, 2.05) is 20.8 Å². The molecule has 0 unspecified atom stereocenters. The Labute approximate surface area is 237 Å². The summed E-state index contributed by atoms with van der Waals surface area (Å²) in [5.41, 5.74) is 0.752. The zero-order valence-corrected chi connectivity index (χ0v) is 24.2. The molecule has 2 heterocycles. The molecular weight excluding hydrogens is 541 g/mol. The summed E-state index contributed by atoms with van der Waals surface area (Å²) in [6.45, 7) is 7.96. The van der Waals surface area contributed by atoms with Gasteiger partial charge in [0.05, 0.1) is 30.1 Å². The summed E-state index contributed by atoms with van der Waals surface area (Å²) in [6.07, 6.45) is 2.17. The molecule has 7 nitrogen and oxygen atoms in total. The molecule has 40 heavy (non-hydrogen) atoms. The van der Waals surface area contributed by atoms with Crippen LogP contribution in [-0.2, 0) is 12.7 Å². The Bertz CT molecular complexity index is 1240. The summed E-state index contributed by atoms with van der Waals surface area (Å²) in [5, 5.41) is 14.7. The van der Waals surface area contributed by atoms with Crippen molar-refractivity contribution in [1.29, 1.82) is 0 Å². The Balaban J connectivity index is 1.65. The van der Waals surface area contributed by atoms with E-state index in [1.54, 1.807) is 29.8 Å². The lowest BCUT2D eigenvalue weighted by Gasteiger charge is -2.32. The second kappa shape index (κ2) is 13.8. The number of hydrogen-bond acceptors (Lipinski definition) is 6. The summed E-state index contributed by atoms with van der Waals surface area (Å²) < 4.78 is 46.8. The van der Waals surface area contributed by atoms with Gasteiger partial charge >= 0.3 is 12.3 Å². The molecule has 2 aromatic heterocycles. The van der Waals surface area contributed by atoms with Crippen molar-refractivity contribution in [2.75, 3.05) is 11.9 Å². The molecule has 0 bridgehead atoms. The fourth-order valence-electron chi connectivity index (χ4n) is 4.03. The van der Waals surface area contributed by atoms with Gasteiger partial charge in [0, 0.05) is 28.4 Å². The maximum absolute atomic E-state index is 13.8. The second-order valence-corrected chi connectivity index (χ2v) is 11.4. The average molecular weight is 579 g/mol. The highest BCUT2D eigenvalue weighted by atomic mass is 32.1. The number of thiazole rings is 1. The normalized spacial score (nSPS) is 11.9. The van der Waals surface area contributed by atoms with Crippen molar-refractivity contribution in [3.8, 4) is 17.0 Å². The molecule has 0 radical (unpaired) electrons. The van der Waals surface area contributed by atoms with Crippen LogP contribution in [0.4, 0.5) is 28.8 Å². The van der Waals surface area contributed by atoms with Crippen LogP contribution in [0.5, 0.6) is 5.75 Å².